The number of halogens is 3. The number of primary sulfonamides is 1. The number of nitro benzene ring substituents is 1. The first-order valence-corrected chi connectivity index (χ1v) is 6.07. The summed E-state index contributed by atoms with van der Waals surface area (Å²) in [4.78, 5) is 8.45. The molecule has 7 nitrogen and oxygen atoms in total. The van der Waals surface area contributed by atoms with E-state index in [0.29, 0.717) is 0 Å². The van der Waals surface area contributed by atoms with E-state index in [-0.39, 0.29) is 0 Å². The van der Waals surface area contributed by atoms with E-state index >= 15 is 0 Å². The van der Waals surface area contributed by atoms with Gasteiger partial charge in [0.25, 0.3) is 5.69 Å². The Kier molecular flexibility index (Phi) is 4.00. The van der Waals surface area contributed by atoms with Crippen LogP contribution >= 0.6 is 0 Å². The van der Waals surface area contributed by atoms with Crippen molar-refractivity contribution in [2.45, 2.75) is 11.1 Å². The standard InChI is InChI=1S/C8H7F3N2O5S/c9-8(10,11)4-18-6-3-1-2-5(13(14)15)7(6)19(12,16)17/h1-3H,4H2,(H2,12,16,17). The Labute approximate surface area is 105 Å². The highest BCUT2D eigenvalue weighted by atomic mass is 32.2. The molecule has 0 aromatic heterocycles. The molecule has 106 valence electrons. The van der Waals surface area contributed by atoms with E-state index in [1.807, 2.05) is 0 Å². The van der Waals surface area contributed by atoms with Crippen molar-refractivity contribution in [1.82, 2.24) is 0 Å². The van der Waals surface area contributed by atoms with Gasteiger partial charge in [-0.1, -0.05) is 6.07 Å². The first-order valence-electron chi connectivity index (χ1n) is 4.52. The number of hydrogen-bond donors (Lipinski definition) is 1. The van der Waals surface area contributed by atoms with Gasteiger partial charge in [-0.25, -0.2) is 13.6 Å². The van der Waals surface area contributed by atoms with Crippen LogP contribution in [0.15, 0.2) is 23.1 Å². The van der Waals surface area contributed by atoms with E-state index in [0.717, 1.165) is 18.2 Å². The van der Waals surface area contributed by atoms with Gasteiger partial charge in [0.2, 0.25) is 14.9 Å². The monoisotopic (exact) mass is 300 g/mol. The molecule has 0 amide bonds. The van der Waals surface area contributed by atoms with E-state index in [4.69, 9.17) is 5.14 Å². The van der Waals surface area contributed by atoms with Crippen LogP contribution in [0.4, 0.5) is 18.9 Å². The molecule has 0 bridgehead atoms. The molecule has 0 saturated carbocycles. The number of alkyl halides is 3. The minimum absolute atomic E-state index is 0.792. The van der Waals surface area contributed by atoms with Crippen LogP contribution in [-0.4, -0.2) is 26.1 Å². The molecule has 0 spiro atoms. The topological polar surface area (TPSA) is 113 Å². The third kappa shape index (κ3) is 4.06. The van der Waals surface area contributed by atoms with Crippen LogP contribution in [0.5, 0.6) is 5.75 Å². The Bertz CT molecular complexity index is 599. The van der Waals surface area contributed by atoms with E-state index in [9.17, 15) is 31.7 Å². The Hall–Kier alpha value is -1.88. The van der Waals surface area contributed by atoms with Gasteiger partial charge in [0.15, 0.2) is 6.61 Å². The Morgan fingerprint density at radius 1 is 1.37 bits per heavy atom. The largest absolute Gasteiger partial charge is 0.482 e. The highest BCUT2D eigenvalue weighted by Crippen LogP contribution is 2.32. The number of benzene rings is 1. The van der Waals surface area contributed by atoms with Gasteiger partial charge in [-0.05, 0) is 6.07 Å². The van der Waals surface area contributed by atoms with Crippen LogP contribution in [0.1, 0.15) is 0 Å². The summed E-state index contributed by atoms with van der Waals surface area (Å²) in [6.45, 7) is -1.79. The fraction of sp³-hybridized carbons (Fsp3) is 0.250. The lowest BCUT2D eigenvalue weighted by Gasteiger charge is -2.11. The molecule has 11 heteroatoms. The van der Waals surface area contributed by atoms with Gasteiger partial charge in [0.05, 0.1) is 4.92 Å². The van der Waals surface area contributed by atoms with Crippen LogP contribution in [0.3, 0.4) is 0 Å². The molecule has 2 N–H and O–H groups in total. The summed E-state index contributed by atoms with van der Waals surface area (Å²) in [5.41, 5.74) is -0.956. The predicted octanol–water partition coefficient (Wildman–Crippen LogP) is 1.18. The fourth-order valence-electron chi connectivity index (χ4n) is 1.21. The van der Waals surface area contributed by atoms with Gasteiger partial charge in [0.1, 0.15) is 5.75 Å². The average Bonchev–Trinajstić information content (AvgIpc) is 2.23. The summed E-state index contributed by atoms with van der Waals surface area (Å²) >= 11 is 0. The Morgan fingerprint density at radius 2 is 1.95 bits per heavy atom. The van der Waals surface area contributed by atoms with Gasteiger partial charge in [-0.3, -0.25) is 10.1 Å². The molecule has 0 saturated heterocycles. The molecule has 0 atom stereocenters. The minimum Gasteiger partial charge on any atom is -0.482 e. The summed E-state index contributed by atoms with van der Waals surface area (Å²) in [7, 11) is -4.61. The molecule has 1 rings (SSSR count). The zero-order valence-corrected chi connectivity index (χ0v) is 9.86. The molecule has 1 aromatic carbocycles. The summed E-state index contributed by atoms with van der Waals surface area (Å²) < 4.78 is 62.6. The normalized spacial score (nSPS) is 12.2. The summed E-state index contributed by atoms with van der Waals surface area (Å²) in [5.74, 6) is -0.825. The van der Waals surface area contributed by atoms with Gasteiger partial charge >= 0.3 is 6.18 Å². The Balaban J connectivity index is 3.33. The van der Waals surface area contributed by atoms with Gasteiger partial charge in [-0.15, -0.1) is 0 Å². The summed E-state index contributed by atoms with van der Waals surface area (Å²) in [6, 6.07) is 2.62. The molecule has 0 unspecified atom stereocenters. The van der Waals surface area contributed by atoms with E-state index in [2.05, 4.69) is 4.74 Å². The fourth-order valence-corrected chi connectivity index (χ4v) is 2.05. The average molecular weight is 300 g/mol. The SMILES string of the molecule is NS(=O)(=O)c1c(OCC(F)(F)F)cccc1[N+](=O)[O-]. The molecular formula is C8H7F3N2O5S. The van der Waals surface area contributed by atoms with Gasteiger partial charge < -0.3 is 4.74 Å². The zero-order valence-electron chi connectivity index (χ0n) is 9.05. The Morgan fingerprint density at radius 3 is 2.37 bits per heavy atom. The molecule has 0 aliphatic rings. The number of nitro groups is 1. The first-order chi connectivity index (χ1) is 8.52. The molecule has 0 aliphatic heterocycles. The van der Waals surface area contributed by atoms with Crippen molar-refractivity contribution in [3.05, 3.63) is 28.3 Å². The van der Waals surface area contributed by atoms with Crippen LogP contribution in [0, 0.1) is 10.1 Å². The van der Waals surface area contributed by atoms with Crippen molar-refractivity contribution >= 4 is 15.7 Å². The summed E-state index contributed by atoms with van der Waals surface area (Å²) in [5, 5.41) is 15.4. The van der Waals surface area contributed by atoms with Crippen molar-refractivity contribution in [3.63, 3.8) is 0 Å². The van der Waals surface area contributed by atoms with Crippen LogP contribution in [-0.2, 0) is 10.0 Å². The molecule has 1 aromatic rings. The lowest BCUT2D eigenvalue weighted by molar-refractivity contribution is -0.388. The van der Waals surface area contributed by atoms with Crippen LogP contribution in [0.25, 0.3) is 0 Å². The number of sulfonamides is 1. The predicted molar refractivity (Wildman–Crippen MR) is 56.0 cm³/mol. The maximum absolute atomic E-state index is 12.0. The second kappa shape index (κ2) is 5.01. The van der Waals surface area contributed by atoms with Crippen molar-refractivity contribution in [2.75, 3.05) is 6.61 Å². The van der Waals surface area contributed by atoms with E-state index in [1.54, 1.807) is 0 Å². The van der Waals surface area contributed by atoms with E-state index in [1.165, 1.54) is 0 Å². The maximum Gasteiger partial charge on any atom is 0.422 e. The lowest BCUT2D eigenvalue weighted by atomic mass is 10.3. The highest BCUT2D eigenvalue weighted by Gasteiger charge is 2.32. The van der Waals surface area contributed by atoms with Gasteiger partial charge in [0, 0.05) is 6.07 Å². The zero-order chi connectivity index (χ0) is 14.8. The molecular weight excluding hydrogens is 293 g/mol. The third-order valence-corrected chi connectivity index (χ3v) is 2.81. The number of hydrogen-bond acceptors (Lipinski definition) is 5. The second-order valence-corrected chi connectivity index (χ2v) is 4.81. The second-order valence-electron chi connectivity index (χ2n) is 3.31. The molecule has 0 heterocycles. The molecule has 0 fully saturated rings. The van der Waals surface area contributed by atoms with E-state index < -0.39 is 44.1 Å². The minimum atomic E-state index is -4.72. The highest BCUT2D eigenvalue weighted by molar-refractivity contribution is 7.89. The van der Waals surface area contributed by atoms with Crippen LogP contribution < -0.4 is 9.88 Å². The first kappa shape index (κ1) is 15.2. The summed E-state index contributed by atoms with van der Waals surface area (Å²) in [6.07, 6.45) is -4.72. The van der Waals surface area contributed by atoms with Crippen molar-refractivity contribution in [1.29, 1.82) is 0 Å². The lowest BCUT2D eigenvalue weighted by Crippen LogP contribution is -2.22. The molecule has 0 radical (unpaired) electrons. The maximum atomic E-state index is 12.0. The van der Waals surface area contributed by atoms with Crippen molar-refractivity contribution in [3.8, 4) is 5.75 Å². The van der Waals surface area contributed by atoms with Crippen molar-refractivity contribution in [2.24, 2.45) is 5.14 Å². The number of rotatable bonds is 4. The smallest absolute Gasteiger partial charge is 0.422 e. The number of ether oxygens (including phenoxy) is 1. The number of nitrogens with two attached hydrogens (primary N) is 1. The molecule has 0 aliphatic carbocycles. The third-order valence-electron chi connectivity index (χ3n) is 1.83. The van der Waals surface area contributed by atoms with Crippen molar-refractivity contribution < 1.29 is 31.2 Å². The quantitative estimate of drug-likeness (QED) is 0.662. The van der Waals surface area contributed by atoms with Crippen LogP contribution in [0.2, 0.25) is 0 Å². The number of nitrogens with zero attached hydrogens (tertiary/aromatic N) is 1. The van der Waals surface area contributed by atoms with Gasteiger partial charge in [-0.2, -0.15) is 13.2 Å². The molecule has 19 heavy (non-hydrogen) atoms.